The molecule has 142 valence electrons. The number of halogens is 1. The Labute approximate surface area is 157 Å². The Balaban J connectivity index is 2.11. The molecule has 0 saturated heterocycles. The highest BCUT2D eigenvalue weighted by molar-refractivity contribution is 6.09. The molecule has 0 spiro atoms. The van der Waals surface area contributed by atoms with Gasteiger partial charge in [0.05, 0.1) is 11.7 Å². The van der Waals surface area contributed by atoms with Crippen LogP contribution in [0.4, 0.5) is 4.39 Å². The van der Waals surface area contributed by atoms with Gasteiger partial charge in [-0.1, -0.05) is 12.1 Å². The molecule has 6 heteroatoms. The number of carbonyl (C=O) groups excluding carboxylic acids is 3. The van der Waals surface area contributed by atoms with Gasteiger partial charge in [0.1, 0.15) is 5.75 Å². The van der Waals surface area contributed by atoms with Crippen LogP contribution in [0.5, 0.6) is 5.75 Å². The summed E-state index contributed by atoms with van der Waals surface area (Å²) in [6.45, 7) is 6.71. The van der Waals surface area contributed by atoms with E-state index in [2.05, 4.69) is 0 Å². The Morgan fingerprint density at radius 2 is 1.30 bits per heavy atom. The lowest BCUT2D eigenvalue weighted by Gasteiger charge is -2.25. The number of hydrogen-bond donors (Lipinski definition) is 0. The second-order valence-corrected chi connectivity index (χ2v) is 6.77. The van der Waals surface area contributed by atoms with Gasteiger partial charge in [0.25, 0.3) is 0 Å². The molecule has 0 saturated carbocycles. The summed E-state index contributed by atoms with van der Waals surface area (Å²) >= 11 is 0. The van der Waals surface area contributed by atoms with Gasteiger partial charge in [0, 0.05) is 11.1 Å². The predicted molar refractivity (Wildman–Crippen MR) is 97.7 cm³/mol. The van der Waals surface area contributed by atoms with Gasteiger partial charge >= 0.3 is 12.0 Å². The molecule has 2 rings (SSSR count). The Morgan fingerprint density at radius 1 is 0.852 bits per heavy atom. The number of rotatable bonds is 7. The topological polar surface area (TPSA) is 69.7 Å². The fourth-order valence-corrected chi connectivity index (χ4v) is 2.29. The van der Waals surface area contributed by atoms with Crippen molar-refractivity contribution in [1.29, 1.82) is 0 Å². The molecule has 0 fully saturated rings. The molecule has 0 unspecified atom stereocenters. The van der Waals surface area contributed by atoms with Crippen LogP contribution in [0.3, 0.4) is 0 Å². The van der Waals surface area contributed by atoms with Crippen LogP contribution in [0.1, 0.15) is 54.0 Å². The Bertz CT molecular complexity index is 836. The quantitative estimate of drug-likeness (QED) is 0.415. The average Bonchev–Trinajstić information content (AvgIpc) is 2.61. The summed E-state index contributed by atoms with van der Waals surface area (Å²) < 4.78 is 23.5. The summed E-state index contributed by atoms with van der Waals surface area (Å²) in [4.78, 5) is 35.2. The highest BCUT2D eigenvalue weighted by atomic mass is 19.1. The Morgan fingerprint density at radius 3 is 1.74 bits per heavy atom. The first-order chi connectivity index (χ1) is 12.6. The average molecular weight is 372 g/mol. The first kappa shape index (κ1) is 20.3. The van der Waals surface area contributed by atoms with E-state index in [1.165, 1.54) is 24.3 Å². The van der Waals surface area contributed by atoms with Crippen LogP contribution in [0.15, 0.2) is 48.5 Å². The lowest BCUT2D eigenvalue weighted by molar-refractivity contribution is -0.163. The number of hydrogen-bond acceptors (Lipinski definition) is 5. The van der Waals surface area contributed by atoms with E-state index in [9.17, 15) is 18.8 Å². The highest BCUT2D eigenvalue weighted by Gasteiger charge is 2.32. The lowest BCUT2D eigenvalue weighted by Crippen LogP contribution is -2.40. The van der Waals surface area contributed by atoms with Gasteiger partial charge in [-0.25, -0.2) is 4.79 Å². The minimum Gasteiger partial charge on any atom is -0.476 e. The summed E-state index contributed by atoms with van der Waals surface area (Å²) in [5.74, 6) is -0.353. The van der Waals surface area contributed by atoms with Crippen molar-refractivity contribution in [3.05, 3.63) is 65.2 Å². The molecule has 0 radical (unpaired) electrons. The maximum absolute atomic E-state index is 12.6. The van der Waals surface area contributed by atoms with Crippen LogP contribution in [0, 0.1) is 0 Å². The van der Waals surface area contributed by atoms with Crippen molar-refractivity contribution in [2.75, 3.05) is 0 Å². The zero-order chi connectivity index (χ0) is 20.2. The zero-order valence-corrected chi connectivity index (χ0v) is 15.6. The first-order valence-electron chi connectivity index (χ1n) is 8.45. The third kappa shape index (κ3) is 5.23. The second kappa shape index (κ2) is 8.12. The van der Waals surface area contributed by atoms with Crippen LogP contribution in [-0.4, -0.2) is 29.5 Å². The van der Waals surface area contributed by atoms with Crippen LogP contribution in [0.25, 0.3) is 0 Å². The number of benzene rings is 2. The van der Waals surface area contributed by atoms with E-state index >= 15 is 0 Å². The van der Waals surface area contributed by atoms with Gasteiger partial charge in [-0.3, -0.25) is 9.59 Å². The largest absolute Gasteiger partial charge is 0.476 e. The number of ether oxygens (including phenoxy) is 2. The first-order valence-corrected chi connectivity index (χ1v) is 8.45. The van der Waals surface area contributed by atoms with E-state index in [0.717, 1.165) is 0 Å². The smallest absolute Gasteiger partial charge is 0.350 e. The van der Waals surface area contributed by atoms with Gasteiger partial charge in [-0.05, 0) is 64.1 Å². The predicted octanol–water partition coefficient (Wildman–Crippen LogP) is 4.14. The van der Waals surface area contributed by atoms with Crippen LogP contribution in [-0.2, 0) is 9.53 Å². The van der Waals surface area contributed by atoms with Crippen molar-refractivity contribution in [3.8, 4) is 5.75 Å². The standard InChI is InChI=1S/C21H21FO5/c1-13(2)26-20(25)21(3,4)27-17-11-9-15(10-12-17)18(23)14-5-7-16(8-6-14)19(22)24/h5-13H,1-4H3. The zero-order valence-electron chi connectivity index (χ0n) is 15.6. The second-order valence-electron chi connectivity index (χ2n) is 6.77. The van der Waals surface area contributed by atoms with Gasteiger partial charge < -0.3 is 9.47 Å². The normalized spacial score (nSPS) is 11.2. The molecule has 0 aliphatic carbocycles. The number of esters is 1. The summed E-state index contributed by atoms with van der Waals surface area (Å²) in [5, 5.41) is 0. The van der Waals surface area contributed by atoms with E-state index in [1.54, 1.807) is 52.0 Å². The molecular weight excluding hydrogens is 351 g/mol. The van der Waals surface area contributed by atoms with E-state index in [-0.39, 0.29) is 17.5 Å². The Kier molecular flexibility index (Phi) is 6.10. The molecular formula is C21H21FO5. The minimum atomic E-state index is -1.55. The molecule has 0 N–H and O–H groups in total. The molecule has 5 nitrogen and oxygen atoms in total. The van der Waals surface area contributed by atoms with E-state index in [4.69, 9.17) is 9.47 Å². The summed E-state index contributed by atoms with van der Waals surface area (Å²) in [6, 6.07) is 10.1. The molecule has 0 aliphatic heterocycles. The van der Waals surface area contributed by atoms with Crippen LogP contribution < -0.4 is 4.74 Å². The number of carbonyl (C=O) groups is 3. The fourth-order valence-electron chi connectivity index (χ4n) is 2.29. The molecule has 0 aromatic heterocycles. The van der Waals surface area contributed by atoms with Crippen molar-refractivity contribution in [1.82, 2.24) is 0 Å². The van der Waals surface area contributed by atoms with Crippen molar-refractivity contribution in [2.24, 2.45) is 0 Å². The fraction of sp³-hybridized carbons (Fsp3) is 0.286. The number of ketones is 1. The third-order valence-corrected chi connectivity index (χ3v) is 3.70. The van der Waals surface area contributed by atoms with Crippen molar-refractivity contribution in [2.45, 2.75) is 39.4 Å². The van der Waals surface area contributed by atoms with Gasteiger partial charge in [0.15, 0.2) is 11.4 Å². The maximum atomic E-state index is 12.6. The van der Waals surface area contributed by atoms with Crippen molar-refractivity contribution in [3.63, 3.8) is 0 Å². The lowest BCUT2D eigenvalue weighted by atomic mass is 10.0. The van der Waals surface area contributed by atoms with Crippen LogP contribution >= 0.6 is 0 Å². The molecule has 0 amide bonds. The Hall–Kier alpha value is -3.02. The molecule has 0 heterocycles. The van der Waals surface area contributed by atoms with Crippen molar-refractivity contribution < 1.29 is 28.2 Å². The van der Waals surface area contributed by atoms with E-state index in [0.29, 0.717) is 16.9 Å². The van der Waals surface area contributed by atoms with E-state index in [1.807, 2.05) is 0 Å². The maximum Gasteiger partial charge on any atom is 0.350 e. The molecule has 27 heavy (non-hydrogen) atoms. The van der Waals surface area contributed by atoms with Gasteiger partial charge in [-0.2, -0.15) is 4.39 Å². The SMILES string of the molecule is CC(C)OC(=O)C(C)(C)Oc1ccc(C(=O)c2ccc(C(=O)F)cc2)cc1. The highest BCUT2D eigenvalue weighted by Crippen LogP contribution is 2.22. The summed E-state index contributed by atoms with van der Waals surface area (Å²) in [7, 11) is 0. The van der Waals surface area contributed by atoms with Gasteiger partial charge in [-0.15, -0.1) is 0 Å². The minimum absolute atomic E-state index is 0.106. The molecule has 0 atom stereocenters. The molecule has 0 bridgehead atoms. The van der Waals surface area contributed by atoms with E-state index < -0.39 is 17.6 Å². The van der Waals surface area contributed by atoms with Gasteiger partial charge in [0.2, 0.25) is 0 Å². The molecule has 2 aromatic rings. The van der Waals surface area contributed by atoms with Crippen molar-refractivity contribution >= 4 is 17.8 Å². The van der Waals surface area contributed by atoms with Crippen LogP contribution in [0.2, 0.25) is 0 Å². The molecule has 0 aliphatic rings. The third-order valence-electron chi connectivity index (χ3n) is 3.70. The summed E-state index contributed by atoms with van der Waals surface area (Å²) in [6.07, 6.45) is -0.251. The molecule has 2 aromatic carbocycles. The monoisotopic (exact) mass is 372 g/mol. The summed E-state index contributed by atoms with van der Waals surface area (Å²) in [5.41, 5.74) is -0.561.